The minimum Gasteiger partial charge on any atom is -0.350 e. The third kappa shape index (κ3) is 4.10. The van der Waals surface area contributed by atoms with Gasteiger partial charge in [0.25, 0.3) is 0 Å². The van der Waals surface area contributed by atoms with Crippen LogP contribution in [0.25, 0.3) is 0 Å². The van der Waals surface area contributed by atoms with Crippen molar-refractivity contribution in [1.29, 1.82) is 0 Å². The maximum absolute atomic E-state index is 5.81. The molecule has 1 saturated heterocycles. The maximum Gasteiger partial charge on any atom is 0.161 e. The quantitative estimate of drug-likeness (QED) is 0.572. The first-order valence-corrected chi connectivity index (χ1v) is 11.9. The van der Waals surface area contributed by atoms with E-state index in [-0.39, 0.29) is 6.29 Å². The summed E-state index contributed by atoms with van der Waals surface area (Å²) in [4.78, 5) is 1.97. The highest BCUT2D eigenvalue weighted by atomic mass is 32.2. The van der Waals surface area contributed by atoms with Crippen LogP contribution in [0, 0.1) is 5.92 Å². The average molecular weight is 311 g/mol. The van der Waals surface area contributed by atoms with Gasteiger partial charge in [-0.25, -0.2) is 0 Å². The van der Waals surface area contributed by atoms with Crippen LogP contribution in [0.4, 0.5) is 0 Å². The lowest BCUT2D eigenvalue weighted by Crippen LogP contribution is -2.45. The van der Waals surface area contributed by atoms with Gasteiger partial charge in [0.15, 0.2) is 6.29 Å². The Hall–Kier alpha value is -0.293. The molecule has 0 bridgehead atoms. The molecule has 0 N–H and O–H groups in total. The molecule has 1 aromatic rings. The van der Waals surface area contributed by atoms with Crippen LogP contribution in [0.1, 0.15) is 13.3 Å². The molecule has 0 spiro atoms. The second-order valence-electron chi connectivity index (χ2n) is 6.40. The van der Waals surface area contributed by atoms with Gasteiger partial charge >= 0.3 is 0 Å². The molecule has 0 aliphatic carbocycles. The van der Waals surface area contributed by atoms with Crippen molar-refractivity contribution in [2.45, 2.75) is 49.0 Å². The van der Waals surface area contributed by atoms with Crippen molar-refractivity contribution in [3.63, 3.8) is 0 Å². The first-order chi connectivity index (χ1) is 9.52. The number of hydrogen-bond donors (Lipinski definition) is 0. The van der Waals surface area contributed by atoms with Crippen LogP contribution in [-0.2, 0) is 9.47 Å². The molecular weight excluding hydrogens is 284 g/mol. The smallest absolute Gasteiger partial charge is 0.161 e. The molecule has 0 saturated carbocycles. The highest BCUT2D eigenvalue weighted by Gasteiger charge is 2.40. The summed E-state index contributed by atoms with van der Waals surface area (Å²) in [6.07, 6.45) is 1.10. The Morgan fingerprint density at radius 1 is 1.15 bits per heavy atom. The standard InChI is InChI=1S/C16H26O2SSi/c1-5-14(15-17-11-12-18-15)16(20(2,3)4)19-13-9-7-6-8-10-13/h6-10,14-16H,5,11-12H2,1-4H3. The van der Waals surface area contributed by atoms with Gasteiger partial charge in [0.05, 0.1) is 21.3 Å². The molecule has 1 aromatic carbocycles. The summed E-state index contributed by atoms with van der Waals surface area (Å²) in [6.45, 7) is 11.1. The highest BCUT2D eigenvalue weighted by Crippen LogP contribution is 2.39. The molecule has 2 nitrogen and oxygen atoms in total. The second kappa shape index (κ2) is 7.12. The Morgan fingerprint density at radius 3 is 2.25 bits per heavy atom. The molecule has 0 amide bonds. The topological polar surface area (TPSA) is 18.5 Å². The van der Waals surface area contributed by atoms with E-state index in [0.29, 0.717) is 10.8 Å². The van der Waals surface area contributed by atoms with Crippen LogP contribution < -0.4 is 0 Å². The summed E-state index contributed by atoms with van der Waals surface area (Å²) in [7, 11) is -1.32. The summed E-state index contributed by atoms with van der Waals surface area (Å²) in [5.41, 5.74) is 0. The average Bonchev–Trinajstić information content (AvgIpc) is 2.92. The van der Waals surface area contributed by atoms with Crippen molar-refractivity contribution >= 4 is 19.8 Å². The molecule has 1 fully saturated rings. The van der Waals surface area contributed by atoms with Gasteiger partial charge in [-0.1, -0.05) is 44.8 Å². The minimum atomic E-state index is -1.32. The number of hydrogen-bond acceptors (Lipinski definition) is 3. The van der Waals surface area contributed by atoms with Gasteiger partial charge in [0, 0.05) is 15.7 Å². The van der Waals surface area contributed by atoms with Gasteiger partial charge in [0.2, 0.25) is 0 Å². The van der Waals surface area contributed by atoms with Crippen molar-refractivity contribution in [2.75, 3.05) is 13.2 Å². The first-order valence-electron chi connectivity index (χ1n) is 7.47. The number of rotatable bonds is 6. The number of benzene rings is 1. The van der Waals surface area contributed by atoms with Crippen LogP contribution in [0.2, 0.25) is 19.6 Å². The molecule has 112 valence electrons. The lowest BCUT2D eigenvalue weighted by Gasteiger charge is -2.37. The van der Waals surface area contributed by atoms with Crippen LogP contribution in [-0.4, -0.2) is 32.5 Å². The molecular formula is C16H26O2SSi. The molecule has 2 atom stereocenters. The second-order valence-corrected chi connectivity index (χ2v) is 13.4. The number of ether oxygens (including phenoxy) is 2. The van der Waals surface area contributed by atoms with E-state index in [4.69, 9.17) is 9.47 Å². The number of thioether (sulfide) groups is 1. The molecule has 0 aromatic heterocycles. The summed E-state index contributed by atoms with van der Waals surface area (Å²) in [5.74, 6) is 0.481. The predicted molar refractivity (Wildman–Crippen MR) is 88.9 cm³/mol. The van der Waals surface area contributed by atoms with E-state index in [2.05, 4.69) is 56.9 Å². The molecule has 2 rings (SSSR count). The van der Waals surface area contributed by atoms with Crippen LogP contribution in [0.5, 0.6) is 0 Å². The predicted octanol–water partition coefficient (Wildman–Crippen LogP) is 4.42. The zero-order valence-corrected chi connectivity index (χ0v) is 14.8. The van der Waals surface area contributed by atoms with E-state index in [0.717, 1.165) is 19.6 Å². The van der Waals surface area contributed by atoms with Gasteiger partial charge in [-0.2, -0.15) is 0 Å². The van der Waals surface area contributed by atoms with Crippen molar-refractivity contribution in [3.8, 4) is 0 Å². The van der Waals surface area contributed by atoms with Gasteiger partial charge in [-0.05, 0) is 18.6 Å². The van der Waals surface area contributed by atoms with E-state index in [1.165, 1.54) is 4.90 Å². The third-order valence-corrected chi connectivity index (χ3v) is 9.48. The highest BCUT2D eigenvalue weighted by molar-refractivity contribution is 8.01. The third-order valence-electron chi connectivity index (χ3n) is 3.72. The fourth-order valence-electron chi connectivity index (χ4n) is 2.73. The molecule has 1 heterocycles. The Balaban J connectivity index is 2.17. The van der Waals surface area contributed by atoms with E-state index in [1.807, 2.05) is 11.8 Å². The maximum atomic E-state index is 5.81. The van der Waals surface area contributed by atoms with Crippen LogP contribution in [0.3, 0.4) is 0 Å². The Bertz CT molecular complexity index is 399. The SMILES string of the molecule is CCC(C1OCCO1)C(Sc1ccccc1)[Si](C)(C)C. The van der Waals surface area contributed by atoms with Crippen molar-refractivity contribution < 1.29 is 9.47 Å². The minimum absolute atomic E-state index is 0.00654. The summed E-state index contributed by atoms with van der Waals surface area (Å²) in [6, 6.07) is 10.7. The molecule has 1 aliphatic rings. The molecule has 0 radical (unpaired) electrons. The molecule has 1 aliphatic heterocycles. The fraction of sp³-hybridized carbons (Fsp3) is 0.625. The van der Waals surface area contributed by atoms with Gasteiger partial charge in [-0.3, -0.25) is 0 Å². The van der Waals surface area contributed by atoms with Crippen molar-refractivity contribution in [2.24, 2.45) is 5.92 Å². The lowest BCUT2D eigenvalue weighted by molar-refractivity contribution is -0.0806. The summed E-state index contributed by atoms with van der Waals surface area (Å²) < 4.78 is 11.6. The Kier molecular flexibility index (Phi) is 5.72. The van der Waals surface area contributed by atoms with Crippen LogP contribution >= 0.6 is 11.8 Å². The van der Waals surface area contributed by atoms with E-state index in [1.54, 1.807) is 0 Å². The zero-order valence-electron chi connectivity index (χ0n) is 13.0. The normalized spacial score (nSPS) is 20.0. The van der Waals surface area contributed by atoms with Gasteiger partial charge < -0.3 is 9.47 Å². The molecule has 2 unspecified atom stereocenters. The Morgan fingerprint density at radius 2 is 1.75 bits per heavy atom. The summed E-state index contributed by atoms with van der Waals surface area (Å²) >= 11 is 2.02. The largest absolute Gasteiger partial charge is 0.350 e. The van der Waals surface area contributed by atoms with Crippen LogP contribution in [0.15, 0.2) is 35.2 Å². The van der Waals surface area contributed by atoms with E-state index in [9.17, 15) is 0 Å². The van der Waals surface area contributed by atoms with E-state index >= 15 is 0 Å². The molecule has 4 heteroatoms. The first kappa shape index (κ1) is 16.1. The Labute approximate surface area is 128 Å². The van der Waals surface area contributed by atoms with Crippen molar-refractivity contribution in [1.82, 2.24) is 0 Å². The monoisotopic (exact) mass is 310 g/mol. The van der Waals surface area contributed by atoms with Crippen molar-refractivity contribution in [3.05, 3.63) is 30.3 Å². The van der Waals surface area contributed by atoms with Gasteiger partial charge in [0.1, 0.15) is 0 Å². The zero-order chi connectivity index (χ0) is 14.6. The van der Waals surface area contributed by atoms with E-state index < -0.39 is 8.07 Å². The van der Waals surface area contributed by atoms with Gasteiger partial charge in [-0.15, -0.1) is 11.8 Å². The fourth-order valence-corrected chi connectivity index (χ4v) is 7.33. The summed E-state index contributed by atoms with van der Waals surface area (Å²) in [5, 5.41) is 0. The molecule has 20 heavy (non-hydrogen) atoms. The lowest BCUT2D eigenvalue weighted by atomic mass is 10.1.